The van der Waals surface area contributed by atoms with Gasteiger partial charge in [-0.1, -0.05) is 0 Å². The Morgan fingerprint density at radius 3 is 2.31 bits per heavy atom. The normalized spacial score (nSPS) is 12.5. The average Bonchev–Trinajstić information content (AvgIpc) is 2.02. The van der Waals surface area contributed by atoms with Gasteiger partial charge in [-0.15, -0.1) is 0 Å². The minimum Gasteiger partial charge on any atom is -0.310 e. The molecule has 1 aromatic carbocycles. The Bertz CT molecular complexity index is 292. The van der Waals surface area contributed by atoms with Gasteiger partial charge < -0.3 is 5.73 Å². The zero-order valence-electron chi connectivity index (χ0n) is 7.00. The Hall–Kier alpha value is -1.29. The molecule has 0 saturated heterocycles. The molecule has 1 atom stereocenters. The van der Waals surface area contributed by atoms with Gasteiger partial charge in [-0.05, 0) is 24.4 Å². The number of nitrogens with zero attached hydrogens (tertiary/aromatic N) is 1. The van der Waals surface area contributed by atoms with Gasteiger partial charge in [0.15, 0.2) is 0 Å². The highest BCUT2D eigenvalue weighted by atomic mass is 19.1. The summed E-state index contributed by atoms with van der Waals surface area (Å²) in [6.07, 6.45) is -0.223. The molecule has 4 heteroatoms. The molecule has 0 aliphatic heterocycles. The molecular formula is C9H10F2N2. The van der Waals surface area contributed by atoms with Crippen molar-refractivity contribution >= 4 is 6.72 Å². The first-order valence-corrected chi connectivity index (χ1v) is 3.78. The number of halogens is 2. The second-order valence-corrected chi connectivity index (χ2v) is 2.73. The molecule has 2 N–H and O–H groups in total. The fourth-order valence-corrected chi connectivity index (χ4v) is 1.03. The van der Waals surface area contributed by atoms with Crippen LogP contribution in [0.2, 0.25) is 0 Å². The first kappa shape index (κ1) is 9.80. The molecule has 0 saturated carbocycles. The van der Waals surface area contributed by atoms with Gasteiger partial charge in [0.1, 0.15) is 17.8 Å². The Labute approximate surface area is 75.1 Å². The minimum atomic E-state index is -0.605. The van der Waals surface area contributed by atoms with Crippen LogP contribution in [-0.2, 0) is 6.42 Å². The molecular weight excluding hydrogens is 174 g/mol. The molecule has 0 aromatic heterocycles. The van der Waals surface area contributed by atoms with Crippen LogP contribution in [0, 0.1) is 11.6 Å². The topological polar surface area (TPSA) is 38.4 Å². The van der Waals surface area contributed by atoms with Crippen molar-refractivity contribution in [3.8, 4) is 0 Å². The van der Waals surface area contributed by atoms with Crippen molar-refractivity contribution in [1.82, 2.24) is 0 Å². The molecule has 0 amide bonds. The van der Waals surface area contributed by atoms with E-state index in [1.54, 1.807) is 0 Å². The summed E-state index contributed by atoms with van der Waals surface area (Å²) >= 11 is 0. The minimum absolute atomic E-state index is 0.290. The summed E-state index contributed by atoms with van der Waals surface area (Å²) in [6.45, 7) is 3.24. The van der Waals surface area contributed by atoms with Gasteiger partial charge in [-0.3, -0.25) is 4.99 Å². The van der Waals surface area contributed by atoms with E-state index in [2.05, 4.69) is 11.7 Å². The lowest BCUT2D eigenvalue weighted by Crippen LogP contribution is -2.19. The monoisotopic (exact) mass is 184 g/mol. The van der Waals surface area contributed by atoms with E-state index in [1.165, 1.54) is 12.1 Å². The van der Waals surface area contributed by atoms with E-state index in [9.17, 15) is 8.78 Å². The fraction of sp³-hybridized carbons (Fsp3) is 0.222. The van der Waals surface area contributed by atoms with E-state index in [0.29, 0.717) is 5.56 Å². The molecule has 0 bridgehead atoms. The third-order valence-electron chi connectivity index (χ3n) is 1.60. The first-order valence-electron chi connectivity index (χ1n) is 3.78. The second-order valence-electron chi connectivity index (χ2n) is 2.73. The smallest absolute Gasteiger partial charge is 0.126 e. The van der Waals surface area contributed by atoms with Crippen LogP contribution < -0.4 is 5.73 Å². The standard InChI is InChI=1S/C9H10F2N2/c1-13-9(12)4-6-2-7(10)5-8(11)3-6/h2-3,5,9H,1,4,12H2. The van der Waals surface area contributed by atoms with Crippen molar-refractivity contribution in [3.05, 3.63) is 35.4 Å². The lowest BCUT2D eigenvalue weighted by molar-refractivity contribution is 0.576. The SMILES string of the molecule is C=NC(N)Cc1cc(F)cc(F)c1. The van der Waals surface area contributed by atoms with Crippen LogP contribution in [0.1, 0.15) is 5.56 Å². The van der Waals surface area contributed by atoms with Crippen LogP contribution >= 0.6 is 0 Å². The van der Waals surface area contributed by atoms with Crippen LogP contribution in [0.5, 0.6) is 0 Å². The molecule has 0 aliphatic rings. The van der Waals surface area contributed by atoms with Crippen molar-refractivity contribution in [2.75, 3.05) is 0 Å². The molecule has 0 aliphatic carbocycles. The molecule has 2 nitrogen and oxygen atoms in total. The van der Waals surface area contributed by atoms with Gasteiger partial charge in [-0.2, -0.15) is 0 Å². The fourth-order valence-electron chi connectivity index (χ4n) is 1.03. The van der Waals surface area contributed by atoms with E-state index < -0.39 is 17.8 Å². The highest BCUT2D eigenvalue weighted by Crippen LogP contribution is 2.09. The van der Waals surface area contributed by atoms with E-state index in [1.807, 2.05) is 0 Å². The third kappa shape index (κ3) is 2.91. The maximum atomic E-state index is 12.7. The lowest BCUT2D eigenvalue weighted by Gasteiger charge is -2.05. The summed E-state index contributed by atoms with van der Waals surface area (Å²) in [6, 6.07) is 3.28. The van der Waals surface area contributed by atoms with Crippen molar-refractivity contribution in [2.45, 2.75) is 12.6 Å². The third-order valence-corrected chi connectivity index (χ3v) is 1.60. The van der Waals surface area contributed by atoms with Gasteiger partial charge in [0.25, 0.3) is 0 Å². The highest BCUT2D eigenvalue weighted by Gasteiger charge is 2.04. The predicted octanol–water partition coefficient (Wildman–Crippen LogP) is 1.49. The number of hydrogen-bond donors (Lipinski definition) is 1. The van der Waals surface area contributed by atoms with Crippen molar-refractivity contribution < 1.29 is 8.78 Å². The Kier molecular flexibility index (Phi) is 3.08. The summed E-state index contributed by atoms with van der Waals surface area (Å²) in [5, 5.41) is 0. The summed E-state index contributed by atoms with van der Waals surface area (Å²) in [7, 11) is 0. The summed E-state index contributed by atoms with van der Waals surface area (Å²) in [5.41, 5.74) is 5.91. The van der Waals surface area contributed by atoms with Crippen LogP contribution in [0.15, 0.2) is 23.2 Å². The second kappa shape index (κ2) is 4.09. The number of aliphatic imine (C=N–C) groups is 1. The molecule has 1 unspecified atom stereocenters. The Balaban J connectivity index is 2.82. The molecule has 0 heterocycles. The highest BCUT2D eigenvalue weighted by molar-refractivity contribution is 5.25. The van der Waals surface area contributed by atoms with E-state index in [4.69, 9.17) is 5.73 Å². The number of hydrogen-bond acceptors (Lipinski definition) is 2. The maximum absolute atomic E-state index is 12.7. The van der Waals surface area contributed by atoms with Crippen LogP contribution in [0.3, 0.4) is 0 Å². The molecule has 1 aromatic rings. The number of rotatable bonds is 3. The van der Waals surface area contributed by atoms with Gasteiger partial charge in [0.2, 0.25) is 0 Å². The summed E-state index contributed by atoms with van der Waals surface area (Å²) < 4.78 is 25.3. The van der Waals surface area contributed by atoms with Crippen molar-refractivity contribution in [3.63, 3.8) is 0 Å². The van der Waals surface area contributed by atoms with Crippen LogP contribution in [-0.4, -0.2) is 12.9 Å². The summed E-state index contributed by atoms with van der Waals surface area (Å²) in [5.74, 6) is -1.21. The van der Waals surface area contributed by atoms with Gasteiger partial charge in [-0.25, -0.2) is 8.78 Å². The molecule has 70 valence electrons. The Morgan fingerprint density at radius 1 is 1.31 bits per heavy atom. The quantitative estimate of drug-likeness (QED) is 0.710. The molecule has 0 spiro atoms. The van der Waals surface area contributed by atoms with Crippen molar-refractivity contribution in [2.24, 2.45) is 10.7 Å². The number of nitrogens with two attached hydrogens (primary N) is 1. The van der Waals surface area contributed by atoms with E-state index >= 15 is 0 Å². The van der Waals surface area contributed by atoms with Crippen LogP contribution in [0.25, 0.3) is 0 Å². The van der Waals surface area contributed by atoms with E-state index in [-0.39, 0.29) is 6.42 Å². The van der Waals surface area contributed by atoms with E-state index in [0.717, 1.165) is 6.07 Å². The molecule has 0 radical (unpaired) electrons. The lowest BCUT2D eigenvalue weighted by atomic mass is 10.1. The zero-order valence-corrected chi connectivity index (χ0v) is 7.00. The maximum Gasteiger partial charge on any atom is 0.126 e. The first-order chi connectivity index (χ1) is 6.11. The molecule has 0 fully saturated rings. The molecule has 1 rings (SSSR count). The Morgan fingerprint density at radius 2 is 1.85 bits per heavy atom. The number of benzene rings is 1. The van der Waals surface area contributed by atoms with Crippen molar-refractivity contribution in [1.29, 1.82) is 0 Å². The van der Waals surface area contributed by atoms with Crippen LogP contribution in [0.4, 0.5) is 8.78 Å². The van der Waals surface area contributed by atoms with Gasteiger partial charge in [0.05, 0.1) is 0 Å². The zero-order chi connectivity index (χ0) is 9.84. The van der Waals surface area contributed by atoms with Gasteiger partial charge in [0, 0.05) is 12.5 Å². The average molecular weight is 184 g/mol. The summed E-state index contributed by atoms with van der Waals surface area (Å²) in [4.78, 5) is 3.53. The van der Waals surface area contributed by atoms with Gasteiger partial charge >= 0.3 is 0 Å². The predicted molar refractivity (Wildman–Crippen MR) is 47.6 cm³/mol. The largest absolute Gasteiger partial charge is 0.310 e. The molecule has 13 heavy (non-hydrogen) atoms.